The number of ether oxygens (including phenoxy) is 1. The molecule has 0 aliphatic carbocycles. The number of aryl methyl sites for hydroxylation is 1. The van der Waals surface area contributed by atoms with Crippen molar-refractivity contribution in [2.24, 2.45) is 0 Å². The third-order valence-electron chi connectivity index (χ3n) is 2.04. The van der Waals surface area contributed by atoms with E-state index in [0.717, 1.165) is 0 Å². The molecule has 0 spiro atoms. The van der Waals surface area contributed by atoms with Crippen LogP contribution in [0.25, 0.3) is 0 Å². The molecule has 0 amide bonds. The monoisotopic (exact) mass is 210 g/mol. The summed E-state index contributed by atoms with van der Waals surface area (Å²) in [6.07, 6.45) is 0.0229. The van der Waals surface area contributed by atoms with Crippen LogP contribution in [-0.2, 0) is 4.74 Å². The predicted octanol–water partition coefficient (Wildman–Crippen LogP) is 2.74. The van der Waals surface area contributed by atoms with Gasteiger partial charge in [0, 0.05) is 5.56 Å². The maximum Gasteiger partial charge on any atom is 0.188 e. The van der Waals surface area contributed by atoms with Crippen molar-refractivity contribution in [3.8, 4) is 0 Å². The topological polar surface area (TPSA) is 26.3 Å². The molecule has 0 N–H and O–H groups in total. The molecule has 0 aromatic heterocycles. The SMILES string of the molecule is Cc1cc(F)ccc1C(=O)COC(C)C. The Kier molecular flexibility index (Phi) is 3.97. The first-order valence-electron chi connectivity index (χ1n) is 4.91. The Labute approximate surface area is 89.1 Å². The maximum atomic E-state index is 12.8. The normalized spacial score (nSPS) is 10.7. The summed E-state index contributed by atoms with van der Waals surface area (Å²) in [6.45, 7) is 5.49. The van der Waals surface area contributed by atoms with E-state index in [4.69, 9.17) is 4.74 Å². The maximum absolute atomic E-state index is 12.8. The number of carbonyl (C=O) groups is 1. The zero-order valence-electron chi connectivity index (χ0n) is 9.21. The highest BCUT2D eigenvalue weighted by molar-refractivity contribution is 5.98. The van der Waals surface area contributed by atoms with Gasteiger partial charge in [-0.25, -0.2) is 4.39 Å². The third-order valence-corrected chi connectivity index (χ3v) is 2.04. The zero-order chi connectivity index (χ0) is 11.4. The first kappa shape index (κ1) is 11.9. The van der Waals surface area contributed by atoms with Gasteiger partial charge in [0.05, 0.1) is 6.10 Å². The quantitative estimate of drug-likeness (QED) is 0.714. The van der Waals surface area contributed by atoms with Crippen LogP contribution in [0.3, 0.4) is 0 Å². The molecule has 0 aliphatic rings. The molecule has 1 rings (SSSR count). The van der Waals surface area contributed by atoms with Gasteiger partial charge in [-0.15, -0.1) is 0 Å². The van der Waals surface area contributed by atoms with Crippen LogP contribution >= 0.6 is 0 Å². The second-order valence-electron chi connectivity index (χ2n) is 3.74. The molecule has 1 aromatic carbocycles. The van der Waals surface area contributed by atoms with Crippen LogP contribution in [0, 0.1) is 12.7 Å². The summed E-state index contributed by atoms with van der Waals surface area (Å²) < 4.78 is 18.0. The third kappa shape index (κ3) is 3.44. The lowest BCUT2D eigenvalue weighted by atomic mass is 10.1. The van der Waals surface area contributed by atoms with Crippen molar-refractivity contribution in [1.82, 2.24) is 0 Å². The highest BCUT2D eigenvalue weighted by Crippen LogP contribution is 2.11. The van der Waals surface area contributed by atoms with Gasteiger partial charge in [-0.05, 0) is 44.5 Å². The van der Waals surface area contributed by atoms with Gasteiger partial charge in [-0.1, -0.05) is 0 Å². The molecular weight excluding hydrogens is 195 g/mol. The molecule has 0 saturated carbocycles. The Hall–Kier alpha value is -1.22. The predicted molar refractivity (Wildman–Crippen MR) is 56.6 cm³/mol. The molecular formula is C12H15FO2. The molecule has 1 aromatic rings. The summed E-state index contributed by atoms with van der Waals surface area (Å²) in [4.78, 5) is 11.6. The van der Waals surface area contributed by atoms with E-state index in [1.54, 1.807) is 6.92 Å². The molecule has 2 nitrogen and oxygen atoms in total. The van der Waals surface area contributed by atoms with Gasteiger partial charge in [-0.2, -0.15) is 0 Å². The van der Waals surface area contributed by atoms with E-state index in [0.29, 0.717) is 11.1 Å². The van der Waals surface area contributed by atoms with Crippen LogP contribution in [0.4, 0.5) is 4.39 Å². The van der Waals surface area contributed by atoms with Crippen molar-refractivity contribution < 1.29 is 13.9 Å². The Morgan fingerprint density at radius 2 is 2.13 bits per heavy atom. The van der Waals surface area contributed by atoms with E-state index in [-0.39, 0.29) is 24.3 Å². The fraction of sp³-hybridized carbons (Fsp3) is 0.417. The van der Waals surface area contributed by atoms with Crippen molar-refractivity contribution in [1.29, 1.82) is 0 Å². The van der Waals surface area contributed by atoms with Crippen LogP contribution in [0.15, 0.2) is 18.2 Å². The van der Waals surface area contributed by atoms with Crippen LogP contribution in [0.1, 0.15) is 29.8 Å². The first-order chi connectivity index (χ1) is 7.00. The number of ketones is 1. The van der Waals surface area contributed by atoms with Gasteiger partial charge in [0.2, 0.25) is 0 Å². The van der Waals surface area contributed by atoms with Gasteiger partial charge in [-0.3, -0.25) is 4.79 Å². The lowest BCUT2D eigenvalue weighted by Crippen LogP contribution is -2.14. The van der Waals surface area contributed by atoms with Crippen molar-refractivity contribution in [2.75, 3.05) is 6.61 Å². The molecule has 0 bridgehead atoms. The molecule has 0 heterocycles. The van der Waals surface area contributed by atoms with E-state index in [1.807, 2.05) is 13.8 Å². The highest BCUT2D eigenvalue weighted by Gasteiger charge is 2.10. The van der Waals surface area contributed by atoms with Crippen molar-refractivity contribution in [3.63, 3.8) is 0 Å². The van der Waals surface area contributed by atoms with Gasteiger partial charge < -0.3 is 4.74 Å². The minimum absolute atomic E-state index is 0.0229. The molecule has 0 atom stereocenters. The van der Waals surface area contributed by atoms with Crippen molar-refractivity contribution in [2.45, 2.75) is 26.9 Å². The molecule has 0 radical (unpaired) electrons. The summed E-state index contributed by atoms with van der Waals surface area (Å²) in [6, 6.07) is 4.13. The smallest absolute Gasteiger partial charge is 0.188 e. The molecule has 3 heteroatoms. The van der Waals surface area contributed by atoms with Gasteiger partial charge in [0.1, 0.15) is 12.4 Å². The Balaban J connectivity index is 2.74. The van der Waals surface area contributed by atoms with E-state index >= 15 is 0 Å². The van der Waals surface area contributed by atoms with Crippen LogP contribution in [0.2, 0.25) is 0 Å². The summed E-state index contributed by atoms with van der Waals surface area (Å²) in [5.74, 6) is -0.435. The summed E-state index contributed by atoms with van der Waals surface area (Å²) in [7, 11) is 0. The van der Waals surface area contributed by atoms with Gasteiger partial charge in [0.25, 0.3) is 0 Å². The average molecular weight is 210 g/mol. The van der Waals surface area contributed by atoms with Crippen LogP contribution in [0.5, 0.6) is 0 Å². The van der Waals surface area contributed by atoms with Crippen molar-refractivity contribution in [3.05, 3.63) is 35.1 Å². The van der Waals surface area contributed by atoms with Gasteiger partial charge >= 0.3 is 0 Å². The van der Waals surface area contributed by atoms with Gasteiger partial charge in [0.15, 0.2) is 5.78 Å². The summed E-state index contributed by atoms with van der Waals surface area (Å²) in [5, 5.41) is 0. The second kappa shape index (κ2) is 5.03. The molecule has 0 fully saturated rings. The largest absolute Gasteiger partial charge is 0.371 e. The Morgan fingerprint density at radius 1 is 1.47 bits per heavy atom. The minimum Gasteiger partial charge on any atom is -0.371 e. The number of hydrogen-bond donors (Lipinski definition) is 0. The number of halogens is 1. The Morgan fingerprint density at radius 3 is 2.67 bits per heavy atom. The number of carbonyl (C=O) groups excluding carboxylic acids is 1. The minimum atomic E-state index is -0.325. The number of benzene rings is 1. The standard InChI is InChI=1S/C12H15FO2/c1-8(2)15-7-12(14)11-5-4-10(13)6-9(11)3/h4-6,8H,7H2,1-3H3. The van der Waals surface area contributed by atoms with E-state index in [2.05, 4.69) is 0 Å². The fourth-order valence-electron chi connectivity index (χ4n) is 1.26. The highest BCUT2D eigenvalue weighted by atomic mass is 19.1. The lowest BCUT2D eigenvalue weighted by Gasteiger charge is -2.08. The summed E-state index contributed by atoms with van der Waals surface area (Å²) in [5.41, 5.74) is 1.17. The molecule has 82 valence electrons. The lowest BCUT2D eigenvalue weighted by molar-refractivity contribution is 0.0584. The zero-order valence-corrected chi connectivity index (χ0v) is 9.21. The molecule has 0 unspecified atom stereocenters. The first-order valence-corrected chi connectivity index (χ1v) is 4.91. The number of rotatable bonds is 4. The van der Waals surface area contributed by atoms with Crippen molar-refractivity contribution >= 4 is 5.78 Å². The Bertz CT molecular complexity index is 359. The number of Topliss-reactive ketones (excluding diaryl/α,β-unsaturated/α-hetero) is 1. The van der Waals surface area contributed by atoms with E-state index < -0.39 is 0 Å². The van der Waals surface area contributed by atoms with Crippen LogP contribution in [-0.4, -0.2) is 18.5 Å². The molecule has 15 heavy (non-hydrogen) atoms. The van der Waals surface area contributed by atoms with E-state index in [9.17, 15) is 9.18 Å². The fourth-order valence-corrected chi connectivity index (χ4v) is 1.26. The average Bonchev–Trinajstić information content (AvgIpc) is 2.14. The second-order valence-corrected chi connectivity index (χ2v) is 3.74. The van der Waals surface area contributed by atoms with Crippen LogP contribution < -0.4 is 0 Å². The summed E-state index contributed by atoms with van der Waals surface area (Å²) >= 11 is 0. The molecule has 0 saturated heterocycles. The van der Waals surface area contributed by atoms with E-state index in [1.165, 1.54) is 18.2 Å². The molecule has 0 aliphatic heterocycles. The number of hydrogen-bond acceptors (Lipinski definition) is 2.